The van der Waals surface area contributed by atoms with Crippen molar-refractivity contribution >= 4 is 40.1 Å². The lowest BCUT2D eigenvalue weighted by molar-refractivity contribution is -0.115. The molecular weight excluding hydrogens is 344 g/mol. The second-order valence-corrected chi connectivity index (χ2v) is 6.95. The van der Waals surface area contributed by atoms with Crippen molar-refractivity contribution in [3.05, 3.63) is 42.0 Å². The molecule has 1 amide bonds. The molecule has 122 valence electrons. The smallest absolute Gasteiger partial charge is 0.239 e. The highest BCUT2D eigenvalue weighted by atomic mass is 32.2. The summed E-state index contributed by atoms with van der Waals surface area (Å²) in [6.45, 7) is 1.77. The standard InChI is InChI=1S/C15H14N6OS2/c1-9(24-14-18-8-17-13(16)21-14)12(22)20-15-19-11(7-23-15)10-5-3-2-4-6-10/h2-9H,1H3,(H,19,20,22)(H2,16,17,18,21). The molecule has 0 saturated carbocycles. The number of aromatic nitrogens is 4. The van der Waals surface area contributed by atoms with Crippen molar-refractivity contribution in [3.8, 4) is 11.3 Å². The molecule has 0 saturated heterocycles. The Morgan fingerprint density at radius 1 is 1.25 bits per heavy atom. The molecule has 0 aliphatic carbocycles. The van der Waals surface area contributed by atoms with Crippen LogP contribution >= 0.6 is 23.1 Å². The molecule has 0 fully saturated rings. The van der Waals surface area contributed by atoms with Gasteiger partial charge >= 0.3 is 0 Å². The quantitative estimate of drug-likeness (QED) is 0.675. The van der Waals surface area contributed by atoms with Gasteiger partial charge in [0.15, 0.2) is 10.3 Å². The van der Waals surface area contributed by atoms with E-state index >= 15 is 0 Å². The molecule has 9 heteroatoms. The van der Waals surface area contributed by atoms with E-state index in [1.54, 1.807) is 6.92 Å². The van der Waals surface area contributed by atoms with Crippen molar-refractivity contribution < 1.29 is 4.79 Å². The molecule has 2 aromatic heterocycles. The molecule has 3 N–H and O–H groups in total. The maximum Gasteiger partial charge on any atom is 0.239 e. The van der Waals surface area contributed by atoms with E-state index in [1.807, 2.05) is 35.7 Å². The summed E-state index contributed by atoms with van der Waals surface area (Å²) in [6.07, 6.45) is 1.32. The number of nitrogens with two attached hydrogens (primary N) is 1. The van der Waals surface area contributed by atoms with Crippen molar-refractivity contribution in [3.63, 3.8) is 0 Å². The van der Waals surface area contributed by atoms with Crippen LogP contribution in [0, 0.1) is 0 Å². The lowest BCUT2D eigenvalue weighted by Gasteiger charge is -2.09. The fourth-order valence-electron chi connectivity index (χ4n) is 1.84. The summed E-state index contributed by atoms with van der Waals surface area (Å²) in [5, 5.41) is 5.30. The number of nitrogens with one attached hydrogen (secondary N) is 1. The molecule has 0 aliphatic rings. The van der Waals surface area contributed by atoms with E-state index in [1.165, 1.54) is 29.4 Å². The van der Waals surface area contributed by atoms with Gasteiger partial charge in [-0.15, -0.1) is 11.3 Å². The van der Waals surface area contributed by atoms with Crippen LogP contribution in [0.25, 0.3) is 11.3 Å². The van der Waals surface area contributed by atoms with E-state index in [4.69, 9.17) is 5.73 Å². The summed E-state index contributed by atoms with van der Waals surface area (Å²) in [6, 6.07) is 9.80. The number of benzene rings is 1. The van der Waals surface area contributed by atoms with E-state index in [9.17, 15) is 4.79 Å². The molecule has 1 unspecified atom stereocenters. The Kier molecular flexibility index (Phi) is 5.02. The second-order valence-electron chi connectivity index (χ2n) is 4.78. The Morgan fingerprint density at radius 2 is 2.04 bits per heavy atom. The number of thioether (sulfide) groups is 1. The number of thiazole rings is 1. The van der Waals surface area contributed by atoms with Crippen LogP contribution in [0.3, 0.4) is 0 Å². The molecule has 0 radical (unpaired) electrons. The zero-order valence-electron chi connectivity index (χ0n) is 12.7. The maximum absolute atomic E-state index is 12.3. The predicted octanol–water partition coefficient (Wildman–Crippen LogP) is 2.70. The minimum atomic E-state index is -0.393. The molecule has 1 atom stereocenters. The van der Waals surface area contributed by atoms with E-state index in [2.05, 4.69) is 25.3 Å². The minimum absolute atomic E-state index is 0.132. The van der Waals surface area contributed by atoms with Gasteiger partial charge in [0, 0.05) is 10.9 Å². The molecule has 3 rings (SSSR count). The van der Waals surface area contributed by atoms with Gasteiger partial charge in [-0.1, -0.05) is 42.1 Å². The molecular formula is C15H14N6OS2. The molecule has 24 heavy (non-hydrogen) atoms. The molecule has 1 aromatic carbocycles. The fraction of sp³-hybridized carbons (Fsp3) is 0.133. The van der Waals surface area contributed by atoms with Crippen LogP contribution in [0.5, 0.6) is 0 Å². The van der Waals surface area contributed by atoms with Gasteiger partial charge in [-0.2, -0.15) is 4.98 Å². The van der Waals surface area contributed by atoms with Crippen molar-refractivity contribution in [2.45, 2.75) is 17.3 Å². The zero-order valence-corrected chi connectivity index (χ0v) is 14.3. The number of rotatable bonds is 5. The first kappa shape index (κ1) is 16.3. The van der Waals surface area contributed by atoms with Gasteiger partial charge in [0.25, 0.3) is 0 Å². The summed E-state index contributed by atoms with van der Waals surface area (Å²) in [4.78, 5) is 28.4. The number of hydrogen-bond acceptors (Lipinski definition) is 8. The Labute approximate surface area is 146 Å². The number of carbonyl (C=O) groups is 1. The summed E-state index contributed by atoms with van der Waals surface area (Å²) < 4.78 is 0. The topological polar surface area (TPSA) is 107 Å². The number of carbonyl (C=O) groups excluding carboxylic acids is 1. The minimum Gasteiger partial charge on any atom is -0.368 e. The Hall–Kier alpha value is -2.52. The van der Waals surface area contributed by atoms with Crippen LogP contribution in [-0.4, -0.2) is 31.1 Å². The van der Waals surface area contributed by atoms with Gasteiger partial charge in [0.05, 0.1) is 10.9 Å². The lowest BCUT2D eigenvalue weighted by atomic mass is 10.2. The molecule has 2 heterocycles. The van der Waals surface area contributed by atoms with Crippen molar-refractivity contribution in [2.75, 3.05) is 11.1 Å². The highest BCUT2D eigenvalue weighted by molar-refractivity contribution is 8.00. The van der Waals surface area contributed by atoms with Crippen molar-refractivity contribution in [1.29, 1.82) is 0 Å². The average Bonchev–Trinajstić information content (AvgIpc) is 3.04. The SMILES string of the molecule is CC(Sc1ncnc(N)n1)C(=O)Nc1nc(-c2ccccc2)cs1. The first-order chi connectivity index (χ1) is 11.6. The van der Waals surface area contributed by atoms with Gasteiger partial charge in [-0.05, 0) is 6.92 Å². The largest absolute Gasteiger partial charge is 0.368 e. The summed E-state index contributed by atoms with van der Waals surface area (Å²) in [5.74, 6) is -0.0412. The van der Waals surface area contributed by atoms with Crippen LogP contribution in [0.4, 0.5) is 11.1 Å². The second kappa shape index (κ2) is 7.37. The van der Waals surface area contributed by atoms with Gasteiger partial charge in [-0.3, -0.25) is 4.79 Å². The van der Waals surface area contributed by atoms with Gasteiger partial charge in [0.2, 0.25) is 11.9 Å². The van der Waals surface area contributed by atoms with Crippen LogP contribution in [0.2, 0.25) is 0 Å². The highest BCUT2D eigenvalue weighted by Gasteiger charge is 2.18. The fourth-order valence-corrected chi connectivity index (χ4v) is 3.30. The Balaban J connectivity index is 1.63. The van der Waals surface area contributed by atoms with Crippen molar-refractivity contribution in [2.24, 2.45) is 0 Å². The van der Waals surface area contributed by atoms with Crippen molar-refractivity contribution in [1.82, 2.24) is 19.9 Å². The molecule has 0 aliphatic heterocycles. The van der Waals surface area contributed by atoms with E-state index < -0.39 is 5.25 Å². The third-order valence-corrected chi connectivity index (χ3v) is 4.76. The first-order valence-electron chi connectivity index (χ1n) is 7.05. The number of nitrogens with zero attached hydrogens (tertiary/aromatic N) is 4. The number of amides is 1. The average molecular weight is 358 g/mol. The summed E-state index contributed by atoms with van der Waals surface area (Å²) >= 11 is 2.60. The lowest BCUT2D eigenvalue weighted by Crippen LogP contribution is -2.22. The third kappa shape index (κ3) is 4.06. The molecule has 0 spiro atoms. The molecule has 7 nitrogen and oxygen atoms in total. The summed E-state index contributed by atoms with van der Waals surface area (Å²) in [7, 11) is 0. The predicted molar refractivity (Wildman–Crippen MR) is 95.7 cm³/mol. The van der Waals surface area contributed by atoms with Gasteiger partial charge < -0.3 is 11.1 Å². The van der Waals surface area contributed by atoms with Crippen LogP contribution in [0.15, 0.2) is 47.2 Å². The maximum atomic E-state index is 12.3. The van der Waals surface area contributed by atoms with E-state index in [0.29, 0.717) is 10.3 Å². The van der Waals surface area contributed by atoms with E-state index in [0.717, 1.165) is 11.3 Å². The zero-order chi connectivity index (χ0) is 16.9. The monoisotopic (exact) mass is 358 g/mol. The van der Waals surface area contributed by atoms with Crippen LogP contribution in [0.1, 0.15) is 6.92 Å². The Morgan fingerprint density at radius 3 is 2.79 bits per heavy atom. The number of hydrogen-bond donors (Lipinski definition) is 2. The number of anilines is 2. The third-order valence-electron chi connectivity index (χ3n) is 3.02. The molecule has 3 aromatic rings. The van der Waals surface area contributed by atoms with Crippen LogP contribution < -0.4 is 11.1 Å². The van der Waals surface area contributed by atoms with Crippen LogP contribution in [-0.2, 0) is 4.79 Å². The Bertz CT molecular complexity index is 839. The number of nitrogen functional groups attached to an aromatic ring is 1. The normalized spacial score (nSPS) is 11.9. The molecule has 0 bridgehead atoms. The van der Waals surface area contributed by atoms with E-state index in [-0.39, 0.29) is 11.9 Å². The first-order valence-corrected chi connectivity index (χ1v) is 8.81. The van der Waals surface area contributed by atoms with Gasteiger partial charge in [-0.25, -0.2) is 15.0 Å². The summed E-state index contributed by atoms with van der Waals surface area (Å²) in [5.41, 5.74) is 7.35. The van der Waals surface area contributed by atoms with Gasteiger partial charge in [0.1, 0.15) is 6.33 Å². The highest BCUT2D eigenvalue weighted by Crippen LogP contribution is 2.26.